The smallest absolute Gasteiger partial charge is 0.256 e. The number of likely N-dealkylation sites (tertiary alicyclic amines) is 1. The second-order valence-electron chi connectivity index (χ2n) is 7.67. The number of carbonyl (C=O) groups excluding carboxylic acids is 1. The third-order valence-electron chi connectivity index (χ3n) is 5.56. The normalized spacial score (nSPS) is 15.4. The molecule has 30 heavy (non-hydrogen) atoms. The Morgan fingerprint density at radius 1 is 1.07 bits per heavy atom. The number of fused-ring (bicyclic) bond motifs is 1. The first kappa shape index (κ1) is 18.5. The van der Waals surface area contributed by atoms with Crippen LogP contribution in [0.4, 0.5) is 11.4 Å². The highest BCUT2D eigenvalue weighted by Gasteiger charge is 2.20. The molecular weight excluding hydrogens is 374 g/mol. The van der Waals surface area contributed by atoms with E-state index < -0.39 is 0 Å². The summed E-state index contributed by atoms with van der Waals surface area (Å²) < 4.78 is 0. The fourth-order valence-corrected chi connectivity index (χ4v) is 3.85. The van der Waals surface area contributed by atoms with E-state index in [0.29, 0.717) is 17.8 Å². The van der Waals surface area contributed by atoms with Crippen molar-refractivity contribution < 1.29 is 4.79 Å². The van der Waals surface area contributed by atoms with Crippen LogP contribution in [-0.2, 0) is 11.3 Å². The minimum atomic E-state index is -0.132. The minimum Gasteiger partial charge on any atom is -0.381 e. The van der Waals surface area contributed by atoms with Gasteiger partial charge >= 0.3 is 0 Å². The van der Waals surface area contributed by atoms with Gasteiger partial charge in [0.15, 0.2) is 0 Å². The molecule has 2 aliphatic heterocycles. The second kappa shape index (κ2) is 8.08. The van der Waals surface area contributed by atoms with Gasteiger partial charge in [-0.05, 0) is 61.0 Å². The van der Waals surface area contributed by atoms with Crippen LogP contribution in [0.15, 0.2) is 67.3 Å². The van der Waals surface area contributed by atoms with Crippen molar-refractivity contribution in [3.63, 3.8) is 0 Å². The van der Waals surface area contributed by atoms with Crippen molar-refractivity contribution in [3.05, 3.63) is 78.4 Å². The van der Waals surface area contributed by atoms with E-state index in [9.17, 15) is 4.79 Å². The van der Waals surface area contributed by atoms with Gasteiger partial charge in [-0.25, -0.2) is 0 Å². The molecule has 0 radical (unpaired) electrons. The quantitative estimate of drug-likeness (QED) is 0.685. The number of hydrogen-bond acceptors (Lipinski definition) is 5. The lowest BCUT2D eigenvalue weighted by molar-refractivity contribution is -0.111. The van der Waals surface area contributed by atoms with Crippen LogP contribution >= 0.6 is 0 Å². The molecule has 5 rings (SSSR count). The molecule has 0 unspecified atom stereocenters. The molecule has 6 nitrogen and oxygen atoms in total. The van der Waals surface area contributed by atoms with E-state index in [1.165, 1.54) is 12.0 Å². The fraction of sp³-hybridized carbons (Fsp3) is 0.208. The van der Waals surface area contributed by atoms with Crippen molar-refractivity contribution in [1.29, 1.82) is 0 Å². The van der Waals surface area contributed by atoms with Gasteiger partial charge in [0, 0.05) is 54.1 Å². The van der Waals surface area contributed by atoms with Gasteiger partial charge in [-0.15, -0.1) is 0 Å². The van der Waals surface area contributed by atoms with Crippen molar-refractivity contribution >= 4 is 22.9 Å². The van der Waals surface area contributed by atoms with Gasteiger partial charge in [0.05, 0.1) is 11.9 Å². The first-order valence-electron chi connectivity index (χ1n) is 10.2. The van der Waals surface area contributed by atoms with Gasteiger partial charge in [-0.2, -0.15) is 0 Å². The van der Waals surface area contributed by atoms with Crippen molar-refractivity contribution in [2.45, 2.75) is 13.0 Å². The van der Waals surface area contributed by atoms with Crippen LogP contribution in [0.1, 0.15) is 17.5 Å². The van der Waals surface area contributed by atoms with Crippen LogP contribution in [0, 0.1) is 0 Å². The lowest BCUT2D eigenvalue weighted by Gasteiger charge is -2.30. The number of nitrogens with zero attached hydrogens (tertiary/aromatic N) is 3. The van der Waals surface area contributed by atoms with E-state index in [2.05, 4.69) is 43.7 Å². The van der Waals surface area contributed by atoms with Crippen LogP contribution in [0.25, 0.3) is 16.7 Å². The summed E-state index contributed by atoms with van der Waals surface area (Å²) in [5.41, 5.74) is 6.54. The maximum atomic E-state index is 12.9. The van der Waals surface area contributed by atoms with Gasteiger partial charge in [0.25, 0.3) is 5.91 Å². The molecule has 1 aromatic carbocycles. The molecule has 0 spiro atoms. The molecule has 0 aliphatic carbocycles. The topological polar surface area (TPSA) is 70.1 Å². The molecule has 6 heteroatoms. The summed E-state index contributed by atoms with van der Waals surface area (Å²) in [4.78, 5) is 23.9. The summed E-state index contributed by atoms with van der Waals surface area (Å²) in [6.45, 7) is 3.88. The third-order valence-corrected chi connectivity index (χ3v) is 5.56. The SMILES string of the molecule is O=C(Nc1cccnc1)C1=CCNc2ccc(-c3cncc(CN4CCC4)c3)cc21. The summed E-state index contributed by atoms with van der Waals surface area (Å²) in [5.74, 6) is -0.132. The summed E-state index contributed by atoms with van der Waals surface area (Å²) in [5, 5.41) is 6.29. The molecule has 0 saturated carbocycles. The van der Waals surface area contributed by atoms with Gasteiger partial charge in [0.1, 0.15) is 0 Å². The number of amides is 1. The van der Waals surface area contributed by atoms with Crippen molar-refractivity contribution in [2.24, 2.45) is 0 Å². The van der Waals surface area contributed by atoms with Crippen LogP contribution in [-0.4, -0.2) is 40.4 Å². The average Bonchev–Trinajstić information content (AvgIpc) is 2.76. The molecule has 1 amide bonds. The van der Waals surface area contributed by atoms with Gasteiger partial charge in [-0.1, -0.05) is 12.1 Å². The largest absolute Gasteiger partial charge is 0.381 e. The first-order valence-corrected chi connectivity index (χ1v) is 10.2. The zero-order chi connectivity index (χ0) is 20.3. The lowest BCUT2D eigenvalue weighted by Crippen LogP contribution is -2.36. The number of pyridine rings is 2. The zero-order valence-electron chi connectivity index (χ0n) is 16.6. The second-order valence-corrected chi connectivity index (χ2v) is 7.67. The predicted octanol–water partition coefficient (Wildman–Crippen LogP) is 3.80. The summed E-state index contributed by atoms with van der Waals surface area (Å²) in [7, 11) is 0. The molecule has 150 valence electrons. The van der Waals surface area contributed by atoms with E-state index in [4.69, 9.17) is 0 Å². The van der Waals surface area contributed by atoms with Crippen LogP contribution in [0.2, 0.25) is 0 Å². The minimum absolute atomic E-state index is 0.132. The van der Waals surface area contributed by atoms with E-state index in [-0.39, 0.29) is 5.91 Å². The zero-order valence-corrected chi connectivity index (χ0v) is 16.6. The van der Waals surface area contributed by atoms with Crippen molar-refractivity contribution in [2.75, 3.05) is 30.3 Å². The molecule has 1 saturated heterocycles. The highest BCUT2D eigenvalue weighted by Crippen LogP contribution is 2.33. The molecule has 0 atom stereocenters. The molecule has 4 heterocycles. The predicted molar refractivity (Wildman–Crippen MR) is 119 cm³/mol. The van der Waals surface area contributed by atoms with E-state index in [1.807, 2.05) is 30.6 Å². The third kappa shape index (κ3) is 3.82. The first-order chi connectivity index (χ1) is 14.8. The maximum Gasteiger partial charge on any atom is 0.256 e. The molecule has 3 aromatic rings. The van der Waals surface area contributed by atoms with Crippen molar-refractivity contribution in [3.8, 4) is 11.1 Å². The molecule has 2 N–H and O–H groups in total. The molecule has 0 bridgehead atoms. The monoisotopic (exact) mass is 397 g/mol. The summed E-state index contributed by atoms with van der Waals surface area (Å²) in [6, 6.07) is 12.0. The van der Waals surface area contributed by atoms with Gasteiger partial charge in [0.2, 0.25) is 0 Å². The van der Waals surface area contributed by atoms with Gasteiger partial charge < -0.3 is 10.6 Å². The van der Waals surface area contributed by atoms with E-state index in [0.717, 1.165) is 42.0 Å². The summed E-state index contributed by atoms with van der Waals surface area (Å²) >= 11 is 0. The number of rotatable bonds is 5. The number of aromatic nitrogens is 2. The van der Waals surface area contributed by atoms with Crippen LogP contribution in [0.3, 0.4) is 0 Å². The Labute approximate surface area is 175 Å². The van der Waals surface area contributed by atoms with E-state index >= 15 is 0 Å². The Hall–Kier alpha value is -3.51. The number of benzene rings is 1. The maximum absolute atomic E-state index is 12.9. The lowest BCUT2D eigenvalue weighted by atomic mass is 9.94. The Morgan fingerprint density at radius 3 is 2.80 bits per heavy atom. The molecule has 1 fully saturated rings. The van der Waals surface area contributed by atoms with Crippen LogP contribution in [0.5, 0.6) is 0 Å². The number of hydrogen-bond donors (Lipinski definition) is 2. The van der Waals surface area contributed by atoms with Crippen LogP contribution < -0.4 is 10.6 Å². The van der Waals surface area contributed by atoms with E-state index in [1.54, 1.807) is 18.5 Å². The van der Waals surface area contributed by atoms with Gasteiger partial charge in [-0.3, -0.25) is 19.7 Å². The molecule has 2 aromatic heterocycles. The molecule has 2 aliphatic rings. The standard InChI is InChI=1S/C24H23N5O/c30-24(28-20-3-1-7-25-15-20)21-6-8-27-23-5-4-18(12-22(21)23)19-11-17(13-26-14-19)16-29-9-2-10-29/h1,3-7,11-15,27H,2,8-10,16H2,(H,28,30). The molecular formula is C24H23N5O. The highest BCUT2D eigenvalue weighted by atomic mass is 16.1. The highest BCUT2D eigenvalue weighted by molar-refractivity contribution is 6.27. The Balaban J connectivity index is 1.42. The Bertz CT molecular complexity index is 1110. The Kier molecular flexibility index (Phi) is 4.99. The average molecular weight is 397 g/mol. The summed E-state index contributed by atoms with van der Waals surface area (Å²) in [6.07, 6.45) is 10.4. The Morgan fingerprint density at radius 2 is 2.00 bits per heavy atom. The fourth-order valence-electron chi connectivity index (χ4n) is 3.85. The number of nitrogens with one attached hydrogen (secondary N) is 2. The number of carbonyl (C=O) groups is 1. The van der Waals surface area contributed by atoms with Crippen molar-refractivity contribution in [1.82, 2.24) is 14.9 Å². The number of anilines is 2.